The van der Waals surface area contributed by atoms with Gasteiger partial charge in [0.2, 0.25) is 0 Å². The zero-order chi connectivity index (χ0) is 27.0. The van der Waals surface area contributed by atoms with Gasteiger partial charge in [-0.1, -0.05) is 29.8 Å². The third-order valence-corrected chi connectivity index (χ3v) is 7.24. The summed E-state index contributed by atoms with van der Waals surface area (Å²) in [4.78, 5) is 32.4. The monoisotopic (exact) mass is 539 g/mol. The molecule has 2 aromatic carbocycles. The molecule has 11 heteroatoms. The van der Waals surface area contributed by atoms with Gasteiger partial charge >= 0.3 is 12.2 Å². The molecule has 2 aromatic rings. The van der Waals surface area contributed by atoms with Crippen LogP contribution in [0.1, 0.15) is 42.6 Å². The Morgan fingerprint density at radius 1 is 1.19 bits per heavy atom. The lowest BCUT2D eigenvalue weighted by molar-refractivity contribution is -0.153. The third-order valence-electron chi connectivity index (χ3n) is 6.93. The van der Waals surface area contributed by atoms with Crippen LogP contribution in [0.3, 0.4) is 0 Å². The lowest BCUT2D eigenvalue weighted by Crippen LogP contribution is -2.55. The molecule has 2 heterocycles. The van der Waals surface area contributed by atoms with E-state index in [2.05, 4.69) is 0 Å². The molecule has 0 aromatic heterocycles. The lowest BCUT2D eigenvalue weighted by atomic mass is 10.1. The second-order valence-electron chi connectivity index (χ2n) is 9.48. The number of ether oxygens (including phenoxy) is 2. The second kappa shape index (κ2) is 10.4. The second-order valence-corrected chi connectivity index (χ2v) is 9.89. The summed E-state index contributed by atoms with van der Waals surface area (Å²) in [7, 11) is 1.59. The molecular formula is C26H29ClF3N3O4. The standard InChI is InChI=1S/C26H29ClF3N3O4/c1-17-14-32(23(34)20-10-9-19(13-21(20)27)37-16-26(28,29)30)22-8-5-4-7-18(22)15-31(17)24(35)33-12-6-11-25(33,2)36-3/h4-5,7-10,13,17H,6,11-12,14-16H2,1-3H3/t17-,25-/m1/s1. The predicted molar refractivity (Wildman–Crippen MR) is 133 cm³/mol. The normalized spacial score (nSPS) is 22.0. The zero-order valence-electron chi connectivity index (χ0n) is 20.8. The minimum Gasteiger partial charge on any atom is -0.484 e. The first-order valence-corrected chi connectivity index (χ1v) is 12.3. The molecule has 7 nitrogen and oxygen atoms in total. The fourth-order valence-corrected chi connectivity index (χ4v) is 5.08. The van der Waals surface area contributed by atoms with Crippen LogP contribution in [-0.2, 0) is 11.3 Å². The highest BCUT2D eigenvalue weighted by molar-refractivity contribution is 6.34. The van der Waals surface area contributed by atoms with E-state index < -0.39 is 24.4 Å². The summed E-state index contributed by atoms with van der Waals surface area (Å²) >= 11 is 6.32. The van der Waals surface area contributed by atoms with Crippen LogP contribution in [0.5, 0.6) is 5.75 Å². The number of methoxy groups -OCH3 is 1. The topological polar surface area (TPSA) is 62.3 Å². The molecule has 37 heavy (non-hydrogen) atoms. The van der Waals surface area contributed by atoms with Crippen molar-refractivity contribution in [1.29, 1.82) is 0 Å². The van der Waals surface area contributed by atoms with Gasteiger partial charge in [0, 0.05) is 38.5 Å². The number of amides is 3. The smallest absolute Gasteiger partial charge is 0.422 e. The Hall–Kier alpha value is -2.98. The van der Waals surface area contributed by atoms with E-state index in [9.17, 15) is 22.8 Å². The fraction of sp³-hybridized carbons (Fsp3) is 0.462. The number of hydrogen-bond acceptors (Lipinski definition) is 4. The first-order valence-electron chi connectivity index (χ1n) is 12.0. The molecule has 2 aliphatic rings. The molecule has 1 fully saturated rings. The number of para-hydroxylation sites is 1. The summed E-state index contributed by atoms with van der Waals surface area (Å²) < 4.78 is 47.9. The van der Waals surface area contributed by atoms with Crippen molar-refractivity contribution in [2.45, 2.75) is 51.2 Å². The number of rotatable bonds is 4. The highest BCUT2D eigenvalue weighted by Crippen LogP contribution is 2.35. The van der Waals surface area contributed by atoms with E-state index >= 15 is 0 Å². The van der Waals surface area contributed by atoms with Gasteiger partial charge in [-0.15, -0.1) is 0 Å². The molecule has 2 atom stereocenters. The molecule has 0 N–H and O–H groups in total. The van der Waals surface area contributed by atoms with Crippen LogP contribution in [0.15, 0.2) is 42.5 Å². The number of likely N-dealkylation sites (tertiary alicyclic amines) is 1. The molecule has 2 aliphatic heterocycles. The molecule has 1 saturated heterocycles. The molecule has 0 bridgehead atoms. The zero-order valence-corrected chi connectivity index (χ0v) is 21.6. The van der Waals surface area contributed by atoms with Crippen molar-refractivity contribution in [1.82, 2.24) is 9.80 Å². The summed E-state index contributed by atoms with van der Waals surface area (Å²) in [6, 6.07) is 10.6. The minimum atomic E-state index is -4.49. The van der Waals surface area contributed by atoms with Gasteiger partial charge in [0.15, 0.2) is 6.61 Å². The van der Waals surface area contributed by atoms with Gasteiger partial charge in [0.05, 0.1) is 10.6 Å². The van der Waals surface area contributed by atoms with Crippen LogP contribution < -0.4 is 9.64 Å². The van der Waals surface area contributed by atoms with Gasteiger partial charge in [0.1, 0.15) is 11.5 Å². The number of alkyl halides is 3. The third kappa shape index (κ3) is 5.65. The van der Waals surface area contributed by atoms with E-state index in [0.29, 0.717) is 18.8 Å². The molecule has 0 spiro atoms. The molecule has 0 radical (unpaired) electrons. The molecule has 0 aliphatic carbocycles. The average Bonchev–Trinajstić information content (AvgIpc) is 3.18. The summed E-state index contributed by atoms with van der Waals surface area (Å²) in [6.07, 6.45) is -2.92. The van der Waals surface area contributed by atoms with Crippen LogP contribution in [0.4, 0.5) is 23.7 Å². The number of benzene rings is 2. The first-order chi connectivity index (χ1) is 17.4. The number of nitrogens with zero attached hydrogens (tertiary/aromatic N) is 3. The molecule has 0 saturated carbocycles. The van der Waals surface area contributed by atoms with Crippen molar-refractivity contribution < 1.29 is 32.2 Å². The first kappa shape index (κ1) is 27.1. The average molecular weight is 540 g/mol. The summed E-state index contributed by atoms with van der Waals surface area (Å²) in [6.45, 7) is 3.38. The van der Waals surface area contributed by atoms with Gasteiger partial charge in [-0.05, 0) is 56.5 Å². The van der Waals surface area contributed by atoms with E-state index in [0.717, 1.165) is 18.4 Å². The molecule has 4 rings (SSSR count). The predicted octanol–water partition coefficient (Wildman–Crippen LogP) is 5.71. The van der Waals surface area contributed by atoms with E-state index in [4.69, 9.17) is 21.1 Å². The maximum atomic E-state index is 13.7. The lowest BCUT2D eigenvalue weighted by Gasteiger charge is -2.39. The van der Waals surface area contributed by atoms with Gasteiger partial charge < -0.3 is 19.3 Å². The van der Waals surface area contributed by atoms with Crippen molar-refractivity contribution in [3.8, 4) is 5.75 Å². The highest BCUT2D eigenvalue weighted by atomic mass is 35.5. The maximum absolute atomic E-state index is 13.7. The number of fused-ring (bicyclic) bond motifs is 1. The van der Waals surface area contributed by atoms with Gasteiger partial charge in [-0.3, -0.25) is 9.69 Å². The molecule has 200 valence electrons. The van der Waals surface area contributed by atoms with Crippen molar-refractivity contribution in [3.05, 3.63) is 58.6 Å². The molecular weight excluding hydrogens is 511 g/mol. The van der Waals surface area contributed by atoms with Crippen molar-refractivity contribution in [2.24, 2.45) is 0 Å². The van der Waals surface area contributed by atoms with Crippen molar-refractivity contribution in [2.75, 3.05) is 31.7 Å². The summed E-state index contributed by atoms with van der Waals surface area (Å²) in [5.74, 6) is -0.518. The summed E-state index contributed by atoms with van der Waals surface area (Å²) in [5, 5.41) is -0.0279. The summed E-state index contributed by atoms with van der Waals surface area (Å²) in [5.41, 5.74) is 0.850. The van der Waals surface area contributed by atoms with E-state index in [-0.39, 0.29) is 35.0 Å². The highest BCUT2D eigenvalue weighted by Gasteiger charge is 2.43. The van der Waals surface area contributed by atoms with Gasteiger partial charge in [0.25, 0.3) is 5.91 Å². The van der Waals surface area contributed by atoms with Crippen molar-refractivity contribution >= 4 is 29.2 Å². The minimum absolute atomic E-state index is 0.0279. The number of urea groups is 1. The molecule has 3 amide bonds. The largest absolute Gasteiger partial charge is 0.484 e. The SMILES string of the molecule is CO[C@]1(C)CCCN1C(=O)N1Cc2ccccc2N(C(=O)c2ccc(OCC(F)(F)F)cc2Cl)C[C@H]1C. The maximum Gasteiger partial charge on any atom is 0.422 e. The Morgan fingerprint density at radius 3 is 2.59 bits per heavy atom. The van der Waals surface area contributed by atoms with Gasteiger partial charge in [-0.25, -0.2) is 4.79 Å². The number of carbonyl (C=O) groups is 2. The number of hydrogen-bond donors (Lipinski definition) is 0. The van der Waals surface area contributed by atoms with Crippen LogP contribution in [0, 0.1) is 0 Å². The fourth-order valence-electron chi connectivity index (χ4n) is 4.83. The Labute approximate surface area is 218 Å². The van der Waals surface area contributed by atoms with E-state index in [1.807, 2.05) is 26.0 Å². The van der Waals surface area contributed by atoms with Crippen LogP contribution in [0.25, 0.3) is 0 Å². The van der Waals surface area contributed by atoms with E-state index in [1.54, 1.807) is 33.9 Å². The molecule has 0 unspecified atom stereocenters. The quantitative estimate of drug-likeness (QED) is 0.499. The van der Waals surface area contributed by atoms with Crippen LogP contribution in [-0.4, -0.2) is 66.5 Å². The number of halogens is 4. The number of carbonyl (C=O) groups excluding carboxylic acids is 2. The Bertz CT molecular complexity index is 1180. The number of anilines is 1. The van der Waals surface area contributed by atoms with Gasteiger partial charge in [-0.2, -0.15) is 13.2 Å². The Kier molecular flexibility index (Phi) is 7.62. The Balaban J connectivity index is 1.61. The van der Waals surface area contributed by atoms with Crippen LogP contribution in [0.2, 0.25) is 5.02 Å². The Morgan fingerprint density at radius 2 is 1.92 bits per heavy atom. The van der Waals surface area contributed by atoms with Crippen LogP contribution >= 0.6 is 11.6 Å². The van der Waals surface area contributed by atoms with E-state index in [1.165, 1.54) is 18.2 Å². The van der Waals surface area contributed by atoms with Crippen molar-refractivity contribution in [3.63, 3.8) is 0 Å².